The van der Waals surface area contributed by atoms with Crippen LogP contribution in [0.25, 0.3) is 17.2 Å². The topological polar surface area (TPSA) is 98.4 Å². The van der Waals surface area contributed by atoms with Gasteiger partial charge >= 0.3 is 13.2 Å². The number of hydrogen-bond acceptors (Lipinski definition) is 6. The normalized spacial score (nSPS) is 17.5. The van der Waals surface area contributed by atoms with Gasteiger partial charge in [-0.15, -0.1) is 0 Å². The average Bonchev–Trinajstić information content (AvgIpc) is 3.31. The van der Waals surface area contributed by atoms with Crippen LogP contribution in [0, 0.1) is 0 Å². The second-order valence-electron chi connectivity index (χ2n) is 8.77. The number of nitrogens with zero attached hydrogens (tertiary/aromatic N) is 2. The molecule has 1 aliphatic heterocycles. The third-order valence-corrected chi connectivity index (χ3v) is 5.85. The predicted octanol–water partition coefficient (Wildman–Crippen LogP) is 3.90. The highest BCUT2D eigenvalue weighted by molar-refractivity contribution is 6.56. The van der Waals surface area contributed by atoms with E-state index in [-0.39, 0.29) is 13.2 Å². The zero-order valence-corrected chi connectivity index (χ0v) is 18.7. The van der Waals surface area contributed by atoms with Gasteiger partial charge in [0.1, 0.15) is 6.61 Å². The number of ether oxygens (including phenoxy) is 1. The van der Waals surface area contributed by atoms with E-state index in [1.807, 2.05) is 70.2 Å². The van der Waals surface area contributed by atoms with Gasteiger partial charge in [0.05, 0.1) is 23.0 Å². The molecule has 3 heterocycles. The van der Waals surface area contributed by atoms with Gasteiger partial charge in [-0.3, -0.25) is 0 Å². The van der Waals surface area contributed by atoms with E-state index >= 15 is 0 Å². The maximum absolute atomic E-state index is 12.3. The molecule has 0 unspecified atom stereocenters. The summed E-state index contributed by atoms with van der Waals surface area (Å²) < 4.78 is 17.8. The Bertz CT molecular complexity index is 1110. The zero-order chi connectivity index (χ0) is 22.8. The van der Waals surface area contributed by atoms with Crippen molar-refractivity contribution < 1.29 is 18.8 Å². The molecule has 166 valence electrons. The van der Waals surface area contributed by atoms with Crippen LogP contribution < -0.4 is 5.32 Å². The first-order valence-electron chi connectivity index (χ1n) is 10.5. The van der Waals surface area contributed by atoms with Gasteiger partial charge in [-0.05, 0) is 50.4 Å². The number of aromatic nitrogens is 3. The van der Waals surface area contributed by atoms with Gasteiger partial charge in [-0.1, -0.05) is 36.4 Å². The zero-order valence-electron chi connectivity index (χ0n) is 18.7. The Hall–Kier alpha value is -3.17. The first-order valence-corrected chi connectivity index (χ1v) is 10.5. The second-order valence-corrected chi connectivity index (χ2v) is 8.77. The van der Waals surface area contributed by atoms with Crippen molar-refractivity contribution in [3.05, 3.63) is 65.5 Å². The summed E-state index contributed by atoms with van der Waals surface area (Å²) in [5.74, 6) is 0. The van der Waals surface area contributed by atoms with Crippen LogP contribution in [0.15, 0.2) is 54.4 Å². The lowest BCUT2D eigenvalue weighted by Crippen LogP contribution is -2.41. The summed E-state index contributed by atoms with van der Waals surface area (Å²) in [7, 11) is -0.619. The molecule has 2 aromatic heterocycles. The third-order valence-electron chi connectivity index (χ3n) is 5.85. The van der Waals surface area contributed by atoms with Gasteiger partial charge in [0.15, 0.2) is 5.65 Å². The molecule has 8 nitrogen and oxygen atoms in total. The first kappa shape index (κ1) is 22.0. The maximum atomic E-state index is 12.3. The molecule has 32 heavy (non-hydrogen) atoms. The van der Waals surface area contributed by atoms with Crippen molar-refractivity contribution in [1.29, 1.82) is 0 Å². The minimum atomic E-state index is -0.619. The molecule has 0 atom stereocenters. The summed E-state index contributed by atoms with van der Waals surface area (Å²) in [5, 5.41) is 2.81. The molecule has 0 radical (unpaired) electrons. The van der Waals surface area contributed by atoms with Crippen molar-refractivity contribution in [2.24, 2.45) is 0 Å². The van der Waals surface area contributed by atoms with E-state index in [1.165, 1.54) is 0 Å². The summed E-state index contributed by atoms with van der Waals surface area (Å²) in [6.45, 7) is 8.36. The number of imidazole rings is 1. The number of nitrogens with one attached hydrogen (secondary N) is 2. The molecule has 9 heteroatoms. The van der Waals surface area contributed by atoms with Crippen molar-refractivity contribution >= 4 is 30.5 Å². The fraction of sp³-hybridized carbons (Fsp3) is 0.348. The van der Waals surface area contributed by atoms with E-state index in [9.17, 15) is 4.79 Å². The quantitative estimate of drug-likeness (QED) is 0.571. The minimum absolute atomic E-state index is 0.197. The van der Waals surface area contributed by atoms with Crippen molar-refractivity contribution in [2.75, 3.05) is 6.54 Å². The molecule has 0 aliphatic carbocycles. The lowest BCUT2D eigenvalue weighted by atomic mass is 9.77. The molecule has 1 aromatic carbocycles. The Morgan fingerprint density at radius 3 is 2.59 bits per heavy atom. The van der Waals surface area contributed by atoms with Crippen LogP contribution in [-0.4, -0.2) is 45.9 Å². The summed E-state index contributed by atoms with van der Waals surface area (Å²) in [6.07, 6.45) is 4.72. The van der Waals surface area contributed by atoms with Gasteiger partial charge in [0.25, 0.3) is 0 Å². The van der Waals surface area contributed by atoms with Crippen molar-refractivity contribution in [3.8, 4) is 0 Å². The Kier molecular flexibility index (Phi) is 6.03. The fourth-order valence-electron chi connectivity index (χ4n) is 3.28. The maximum Gasteiger partial charge on any atom is 0.492 e. The smallest absolute Gasteiger partial charge is 0.445 e. The van der Waals surface area contributed by atoms with E-state index in [2.05, 4.69) is 20.3 Å². The van der Waals surface area contributed by atoms with Crippen LogP contribution in [0.1, 0.15) is 38.8 Å². The number of alkyl carbamates (subject to hydrolysis) is 1. The standard InChI is InChI=1S/C23H27BN4O4/c1-22(2)23(3,4)32-24(31-22)18(10-17-11-19-20(25-12-17)28-15-27-19)13-26-21(29)30-14-16-8-6-5-7-9-16/h5-12,15H,13-14H2,1-4H3,(H,26,29)(H,25,27,28). The summed E-state index contributed by atoms with van der Waals surface area (Å²) in [5.41, 5.74) is 2.96. The SMILES string of the molecule is CC1(C)OB(C(=Cc2cnc3nc[nH]c3c2)CNC(=O)OCc2ccccc2)OC1(C)C. The molecule has 1 aliphatic rings. The molecule has 0 bridgehead atoms. The number of pyridine rings is 1. The van der Waals surface area contributed by atoms with Crippen molar-refractivity contribution in [1.82, 2.24) is 20.3 Å². The van der Waals surface area contributed by atoms with Crippen LogP contribution >= 0.6 is 0 Å². The molecule has 3 aromatic rings. The molecular weight excluding hydrogens is 407 g/mol. The molecule has 1 saturated heterocycles. The lowest BCUT2D eigenvalue weighted by Gasteiger charge is -2.32. The van der Waals surface area contributed by atoms with Crippen LogP contribution in [0.4, 0.5) is 4.79 Å². The predicted molar refractivity (Wildman–Crippen MR) is 123 cm³/mol. The monoisotopic (exact) mass is 434 g/mol. The van der Waals surface area contributed by atoms with E-state index < -0.39 is 24.4 Å². The molecule has 2 N–H and O–H groups in total. The number of benzene rings is 1. The van der Waals surface area contributed by atoms with Crippen LogP contribution in [0.3, 0.4) is 0 Å². The van der Waals surface area contributed by atoms with E-state index in [4.69, 9.17) is 14.0 Å². The molecular formula is C23H27BN4O4. The molecule has 4 rings (SSSR count). The van der Waals surface area contributed by atoms with Gasteiger partial charge < -0.3 is 24.3 Å². The number of aromatic amines is 1. The molecule has 0 spiro atoms. The van der Waals surface area contributed by atoms with E-state index in [0.717, 1.165) is 22.1 Å². The Balaban J connectivity index is 1.50. The highest BCUT2D eigenvalue weighted by Gasteiger charge is 2.52. The summed E-state index contributed by atoms with van der Waals surface area (Å²) >= 11 is 0. The summed E-state index contributed by atoms with van der Waals surface area (Å²) in [4.78, 5) is 23.9. The number of rotatable bonds is 6. The van der Waals surface area contributed by atoms with Crippen LogP contribution in [-0.2, 0) is 20.7 Å². The number of carbonyl (C=O) groups is 1. The Labute approximate surface area is 187 Å². The van der Waals surface area contributed by atoms with Gasteiger partial charge in [-0.25, -0.2) is 14.8 Å². The number of amides is 1. The highest BCUT2D eigenvalue weighted by Crippen LogP contribution is 2.38. The fourth-order valence-corrected chi connectivity index (χ4v) is 3.28. The Morgan fingerprint density at radius 2 is 1.88 bits per heavy atom. The number of hydrogen-bond donors (Lipinski definition) is 2. The van der Waals surface area contributed by atoms with Crippen molar-refractivity contribution in [2.45, 2.75) is 45.5 Å². The van der Waals surface area contributed by atoms with Crippen LogP contribution in [0.5, 0.6) is 0 Å². The lowest BCUT2D eigenvalue weighted by molar-refractivity contribution is 0.00578. The molecule has 0 saturated carbocycles. The van der Waals surface area contributed by atoms with E-state index in [0.29, 0.717) is 5.65 Å². The largest absolute Gasteiger partial charge is 0.492 e. The average molecular weight is 434 g/mol. The van der Waals surface area contributed by atoms with E-state index in [1.54, 1.807) is 12.5 Å². The first-order chi connectivity index (χ1) is 15.2. The van der Waals surface area contributed by atoms with Gasteiger partial charge in [0.2, 0.25) is 0 Å². The Morgan fingerprint density at radius 1 is 1.16 bits per heavy atom. The minimum Gasteiger partial charge on any atom is -0.445 e. The van der Waals surface area contributed by atoms with Gasteiger partial charge in [-0.2, -0.15) is 0 Å². The van der Waals surface area contributed by atoms with Gasteiger partial charge in [0, 0.05) is 12.7 Å². The third kappa shape index (κ3) is 4.84. The molecule has 1 fully saturated rings. The molecule has 1 amide bonds. The number of carbonyl (C=O) groups excluding carboxylic acids is 1. The number of H-pyrrole nitrogens is 1. The summed E-state index contributed by atoms with van der Waals surface area (Å²) in [6, 6.07) is 11.5. The number of fused-ring (bicyclic) bond motifs is 1. The highest BCUT2D eigenvalue weighted by atomic mass is 16.7. The second kappa shape index (κ2) is 8.76. The van der Waals surface area contributed by atoms with Crippen LogP contribution in [0.2, 0.25) is 0 Å². The van der Waals surface area contributed by atoms with Crippen molar-refractivity contribution in [3.63, 3.8) is 0 Å².